The molecule has 0 radical (unpaired) electrons. The zero-order valence-electron chi connectivity index (χ0n) is 19.4. The van der Waals surface area contributed by atoms with Gasteiger partial charge in [0.15, 0.2) is 6.10 Å². The minimum absolute atomic E-state index is 0.0534. The summed E-state index contributed by atoms with van der Waals surface area (Å²) in [5.41, 5.74) is 5.13. The summed E-state index contributed by atoms with van der Waals surface area (Å²) >= 11 is 0. The van der Waals surface area contributed by atoms with E-state index in [-0.39, 0.29) is 23.9 Å². The van der Waals surface area contributed by atoms with E-state index in [9.17, 15) is 13.2 Å². The largest absolute Gasteiger partial charge is 0.476 e. The molecule has 1 N–H and O–H groups in total. The summed E-state index contributed by atoms with van der Waals surface area (Å²) in [7, 11) is -3.58. The number of amides is 1. The predicted molar refractivity (Wildman–Crippen MR) is 127 cm³/mol. The predicted octanol–water partition coefficient (Wildman–Crippen LogP) is 3.88. The zero-order valence-corrected chi connectivity index (χ0v) is 20.3. The summed E-state index contributed by atoms with van der Waals surface area (Å²) in [5.74, 6) is 0.0807. The summed E-state index contributed by atoms with van der Waals surface area (Å²) < 4.78 is 32.4. The van der Waals surface area contributed by atoms with Gasteiger partial charge in [-0.25, -0.2) is 8.42 Å². The van der Waals surface area contributed by atoms with Crippen LogP contribution in [0.1, 0.15) is 62.4 Å². The van der Waals surface area contributed by atoms with Gasteiger partial charge in [-0.1, -0.05) is 45.0 Å². The average Bonchev–Trinajstić information content (AvgIpc) is 3.18. The molecule has 0 spiro atoms. The lowest BCUT2D eigenvalue weighted by molar-refractivity contribution is -0.128. The number of benzene rings is 2. The molecule has 2 unspecified atom stereocenters. The minimum atomic E-state index is -3.58. The molecule has 6 nitrogen and oxygen atoms in total. The monoisotopic (exact) mass is 456 g/mol. The first kappa shape index (κ1) is 22.6. The Hall–Kier alpha value is -2.54. The van der Waals surface area contributed by atoms with Crippen LogP contribution in [0.2, 0.25) is 0 Å². The Morgan fingerprint density at radius 3 is 2.53 bits per heavy atom. The Labute approximate surface area is 191 Å². The molecule has 2 atom stereocenters. The molecular weight excluding hydrogens is 424 g/mol. The van der Waals surface area contributed by atoms with E-state index in [0.29, 0.717) is 11.4 Å². The molecule has 0 saturated heterocycles. The number of rotatable bonds is 4. The zero-order chi connectivity index (χ0) is 23.3. The van der Waals surface area contributed by atoms with Crippen LogP contribution in [0.15, 0.2) is 36.4 Å². The molecule has 1 aliphatic carbocycles. The van der Waals surface area contributed by atoms with Crippen molar-refractivity contribution in [2.24, 2.45) is 0 Å². The van der Waals surface area contributed by atoms with Crippen molar-refractivity contribution in [1.29, 1.82) is 0 Å². The molecule has 1 heterocycles. The normalized spacial score (nSPS) is 19.0. The maximum Gasteiger partial charge on any atom is 0.263 e. The van der Waals surface area contributed by atoms with E-state index in [2.05, 4.69) is 44.3 Å². The summed E-state index contributed by atoms with van der Waals surface area (Å²) in [6.45, 7) is 8.09. The summed E-state index contributed by atoms with van der Waals surface area (Å²) in [4.78, 5) is 13.1. The Balaban J connectivity index is 1.56. The van der Waals surface area contributed by atoms with Gasteiger partial charge in [0.2, 0.25) is 10.0 Å². The minimum Gasteiger partial charge on any atom is -0.476 e. The summed E-state index contributed by atoms with van der Waals surface area (Å²) in [6, 6.07) is 11.7. The van der Waals surface area contributed by atoms with Crippen molar-refractivity contribution in [3.8, 4) is 5.75 Å². The highest BCUT2D eigenvalue weighted by Crippen LogP contribution is 2.38. The smallest absolute Gasteiger partial charge is 0.263 e. The number of anilines is 1. The maximum absolute atomic E-state index is 13.1. The van der Waals surface area contributed by atoms with Crippen molar-refractivity contribution in [1.82, 2.24) is 5.32 Å². The van der Waals surface area contributed by atoms with E-state index < -0.39 is 16.1 Å². The molecule has 0 fully saturated rings. The van der Waals surface area contributed by atoms with Gasteiger partial charge in [-0.2, -0.15) is 0 Å². The second kappa shape index (κ2) is 8.10. The first-order chi connectivity index (χ1) is 14.9. The Morgan fingerprint density at radius 1 is 1.12 bits per heavy atom. The van der Waals surface area contributed by atoms with Crippen molar-refractivity contribution in [3.63, 3.8) is 0 Å². The lowest BCUT2D eigenvalue weighted by Gasteiger charge is -2.35. The number of aryl methyl sites for hydroxylation is 2. The second-order valence-corrected chi connectivity index (χ2v) is 11.9. The topological polar surface area (TPSA) is 75.7 Å². The third-order valence-electron chi connectivity index (χ3n) is 6.37. The molecule has 2 aliphatic rings. The molecule has 1 aliphatic heterocycles. The number of ether oxygens (including phenoxy) is 1. The molecule has 2 aromatic carbocycles. The highest BCUT2D eigenvalue weighted by Gasteiger charge is 2.36. The number of fused-ring (bicyclic) bond motifs is 2. The van der Waals surface area contributed by atoms with E-state index in [0.717, 1.165) is 30.2 Å². The molecule has 32 heavy (non-hydrogen) atoms. The van der Waals surface area contributed by atoms with Crippen molar-refractivity contribution in [3.05, 3.63) is 58.7 Å². The van der Waals surface area contributed by atoms with Gasteiger partial charge < -0.3 is 10.1 Å². The second-order valence-electron chi connectivity index (χ2n) is 9.95. The van der Waals surface area contributed by atoms with Crippen molar-refractivity contribution >= 4 is 21.6 Å². The first-order valence-electron chi connectivity index (χ1n) is 11.1. The van der Waals surface area contributed by atoms with Crippen LogP contribution in [-0.2, 0) is 33.1 Å². The SMILES string of the molecule is CC(NC(=O)C1CN(S(C)(=O)=O)c2cc(C(C)(C)C)ccc2O1)c1ccc2c(c1)CCC2. The van der Waals surface area contributed by atoms with E-state index in [4.69, 9.17) is 4.74 Å². The maximum atomic E-state index is 13.1. The van der Waals surface area contributed by atoms with E-state index >= 15 is 0 Å². The van der Waals surface area contributed by atoms with Crippen LogP contribution in [0.5, 0.6) is 5.75 Å². The fraction of sp³-hybridized carbons (Fsp3) is 0.480. The van der Waals surface area contributed by atoms with Crippen LogP contribution in [0.25, 0.3) is 0 Å². The number of carbonyl (C=O) groups excluding carboxylic acids is 1. The van der Waals surface area contributed by atoms with Crippen LogP contribution < -0.4 is 14.4 Å². The number of hydrogen-bond acceptors (Lipinski definition) is 4. The number of sulfonamides is 1. The lowest BCUT2D eigenvalue weighted by atomic mass is 9.86. The molecule has 0 aromatic heterocycles. The molecule has 172 valence electrons. The molecule has 1 amide bonds. The number of hydrogen-bond donors (Lipinski definition) is 1. The molecule has 7 heteroatoms. The Kier molecular flexibility index (Phi) is 5.74. The van der Waals surface area contributed by atoms with Crippen LogP contribution in [0.4, 0.5) is 5.69 Å². The molecule has 2 aromatic rings. The van der Waals surface area contributed by atoms with Crippen LogP contribution in [0.3, 0.4) is 0 Å². The van der Waals surface area contributed by atoms with Gasteiger partial charge in [-0.05, 0) is 66.0 Å². The summed E-state index contributed by atoms with van der Waals surface area (Å²) in [6.07, 6.45) is 3.60. The van der Waals surface area contributed by atoms with Gasteiger partial charge in [0.05, 0.1) is 24.5 Å². The first-order valence-corrected chi connectivity index (χ1v) is 13.0. The van der Waals surface area contributed by atoms with E-state index in [1.165, 1.54) is 21.9 Å². The quantitative estimate of drug-likeness (QED) is 0.758. The highest BCUT2D eigenvalue weighted by atomic mass is 32.2. The number of nitrogens with one attached hydrogen (secondary N) is 1. The number of nitrogens with zero attached hydrogens (tertiary/aromatic N) is 1. The number of carbonyl (C=O) groups is 1. The van der Waals surface area contributed by atoms with Gasteiger partial charge in [0.1, 0.15) is 5.75 Å². The van der Waals surface area contributed by atoms with Crippen molar-refractivity contribution in [2.75, 3.05) is 17.1 Å². The van der Waals surface area contributed by atoms with Gasteiger partial charge >= 0.3 is 0 Å². The van der Waals surface area contributed by atoms with Crippen LogP contribution in [0, 0.1) is 0 Å². The molecular formula is C25H32N2O4S. The molecule has 0 saturated carbocycles. The highest BCUT2D eigenvalue weighted by molar-refractivity contribution is 7.92. The van der Waals surface area contributed by atoms with Crippen molar-refractivity contribution in [2.45, 2.75) is 64.5 Å². The van der Waals surface area contributed by atoms with Gasteiger partial charge in [-0.3, -0.25) is 9.10 Å². The molecule has 0 bridgehead atoms. The van der Waals surface area contributed by atoms with Crippen LogP contribution in [-0.4, -0.2) is 33.2 Å². The fourth-order valence-corrected chi connectivity index (χ4v) is 5.33. The van der Waals surface area contributed by atoms with E-state index in [1.807, 2.05) is 19.1 Å². The summed E-state index contributed by atoms with van der Waals surface area (Å²) in [5, 5.41) is 3.01. The third kappa shape index (κ3) is 4.49. The van der Waals surface area contributed by atoms with Gasteiger partial charge in [0, 0.05) is 0 Å². The van der Waals surface area contributed by atoms with E-state index in [1.54, 1.807) is 6.07 Å². The molecule has 4 rings (SSSR count). The standard InChI is InChI=1S/C25H32N2O4S/c1-16(18-10-9-17-7-6-8-19(17)13-18)26-24(28)23-15-27(32(5,29)30)21-14-20(25(2,3)4)11-12-22(21)31-23/h9-14,16,23H,6-8,15H2,1-5H3,(H,26,28). The average molecular weight is 457 g/mol. The van der Waals surface area contributed by atoms with Gasteiger partial charge in [0.25, 0.3) is 5.91 Å². The fourth-order valence-electron chi connectivity index (χ4n) is 4.42. The van der Waals surface area contributed by atoms with Gasteiger partial charge in [-0.15, -0.1) is 0 Å². The van der Waals surface area contributed by atoms with Crippen LogP contribution >= 0.6 is 0 Å². The Bertz CT molecular complexity index is 1150. The lowest BCUT2D eigenvalue weighted by Crippen LogP contribution is -2.50. The van der Waals surface area contributed by atoms with Crippen molar-refractivity contribution < 1.29 is 17.9 Å². The Morgan fingerprint density at radius 2 is 1.84 bits per heavy atom. The third-order valence-corrected chi connectivity index (χ3v) is 7.52.